The molecule has 0 radical (unpaired) electrons. The third kappa shape index (κ3) is 1.47. The van der Waals surface area contributed by atoms with E-state index >= 15 is 0 Å². The van der Waals surface area contributed by atoms with E-state index in [0.717, 1.165) is 25.9 Å². The Hall–Kier alpha value is -0.540. The Balaban J connectivity index is 2.03. The summed E-state index contributed by atoms with van der Waals surface area (Å²) in [6.07, 6.45) is 4.22. The fourth-order valence-electron chi connectivity index (χ4n) is 1.58. The van der Waals surface area contributed by atoms with E-state index in [1.807, 2.05) is 0 Å². The van der Waals surface area contributed by atoms with Crippen molar-refractivity contribution in [2.24, 2.45) is 0 Å². The van der Waals surface area contributed by atoms with Crippen molar-refractivity contribution in [1.82, 2.24) is 0 Å². The lowest BCUT2D eigenvalue weighted by molar-refractivity contribution is -0.324. The van der Waals surface area contributed by atoms with Gasteiger partial charge in [-0.05, 0) is 12.8 Å². The van der Waals surface area contributed by atoms with Crippen LogP contribution in [-0.4, -0.2) is 19.2 Å². The number of ether oxygens (including phenoxy) is 3. The van der Waals surface area contributed by atoms with E-state index in [0.29, 0.717) is 12.4 Å². The molecule has 1 unspecified atom stereocenters. The minimum atomic E-state index is -0.770. The van der Waals surface area contributed by atoms with Crippen LogP contribution in [0.25, 0.3) is 0 Å². The van der Waals surface area contributed by atoms with Crippen molar-refractivity contribution in [1.29, 1.82) is 0 Å². The molecule has 2 rings (SSSR count). The molecule has 0 aromatic heterocycles. The summed E-state index contributed by atoms with van der Waals surface area (Å²) in [5, 5.41) is 0. The van der Waals surface area contributed by atoms with Gasteiger partial charge in [0.25, 0.3) is 0 Å². The van der Waals surface area contributed by atoms with Crippen molar-refractivity contribution in [2.45, 2.75) is 31.7 Å². The second-order valence-corrected chi connectivity index (χ2v) is 3.27. The molecule has 0 aliphatic carbocycles. The normalized spacial score (nSPS) is 36.5. The van der Waals surface area contributed by atoms with E-state index < -0.39 is 5.97 Å². The van der Waals surface area contributed by atoms with Gasteiger partial charge in [0.05, 0.1) is 6.61 Å². The van der Waals surface area contributed by atoms with E-state index in [1.165, 1.54) is 6.42 Å². The molecule has 0 amide bonds. The van der Waals surface area contributed by atoms with Crippen molar-refractivity contribution >= 4 is 0 Å². The summed E-state index contributed by atoms with van der Waals surface area (Å²) in [4.78, 5) is 0. The minimum Gasteiger partial charge on any atom is -0.442 e. The smallest absolute Gasteiger partial charge is 0.327 e. The molecule has 0 bridgehead atoms. The zero-order chi connectivity index (χ0) is 8.44. The van der Waals surface area contributed by atoms with Gasteiger partial charge in [0.1, 0.15) is 12.4 Å². The van der Waals surface area contributed by atoms with Crippen molar-refractivity contribution < 1.29 is 14.2 Å². The summed E-state index contributed by atoms with van der Waals surface area (Å²) in [5.41, 5.74) is 0. The van der Waals surface area contributed by atoms with Crippen LogP contribution in [0.15, 0.2) is 12.3 Å². The van der Waals surface area contributed by atoms with Crippen molar-refractivity contribution in [3.8, 4) is 0 Å². The van der Waals surface area contributed by atoms with E-state index in [4.69, 9.17) is 14.2 Å². The molecule has 2 heterocycles. The summed E-state index contributed by atoms with van der Waals surface area (Å²) in [7, 11) is 0. The molecule has 2 aliphatic heterocycles. The average molecular weight is 170 g/mol. The predicted octanol–water partition coefficient (Wildman–Crippen LogP) is 1.79. The Morgan fingerprint density at radius 3 is 2.83 bits per heavy atom. The van der Waals surface area contributed by atoms with Crippen molar-refractivity contribution in [2.75, 3.05) is 13.2 Å². The van der Waals surface area contributed by atoms with Crippen LogP contribution in [0.2, 0.25) is 0 Å². The first-order valence-electron chi connectivity index (χ1n) is 4.45. The predicted molar refractivity (Wildman–Crippen MR) is 43.3 cm³/mol. The summed E-state index contributed by atoms with van der Waals surface area (Å²) < 4.78 is 16.4. The van der Waals surface area contributed by atoms with Crippen molar-refractivity contribution in [3.63, 3.8) is 0 Å². The van der Waals surface area contributed by atoms with Gasteiger partial charge in [-0.3, -0.25) is 0 Å². The standard InChI is InChI=1S/C9H14O3/c1-8-7-11-9(12-8)5-3-2-4-6-10-9/h1-7H2. The molecule has 0 aromatic rings. The third-order valence-corrected chi connectivity index (χ3v) is 2.20. The molecule has 0 saturated carbocycles. The maximum absolute atomic E-state index is 5.52. The van der Waals surface area contributed by atoms with Crippen LogP contribution in [0, 0.1) is 0 Å². The Morgan fingerprint density at radius 1 is 1.17 bits per heavy atom. The highest BCUT2D eigenvalue weighted by atomic mass is 16.9. The number of rotatable bonds is 0. The molecular formula is C9H14O3. The van der Waals surface area contributed by atoms with Gasteiger partial charge in [-0.25, -0.2) is 0 Å². The molecule has 3 heteroatoms. The average Bonchev–Trinajstić information content (AvgIpc) is 2.30. The fourth-order valence-corrected chi connectivity index (χ4v) is 1.58. The van der Waals surface area contributed by atoms with Crippen LogP contribution in [-0.2, 0) is 14.2 Å². The highest BCUT2D eigenvalue weighted by molar-refractivity contribution is 4.90. The van der Waals surface area contributed by atoms with Gasteiger partial charge in [-0.1, -0.05) is 13.0 Å². The molecular weight excluding hydrogens is 156 g/mol. The zero-order valence-corrected chi connectivity index (χ0v) is 7.17. The first-order chi connectivity index (χ1) is 5.81. The Labute approximate surface area is 72.3 Å². The maximum atomic E-state index is 5.52. The number of hydrogen-bond donors (Lipinski definition) is 0. The van der Waals surface area contributed by atoms with Crippen LogP contribution < -0.4 is 0 Å². The second kappa shape index (κ2) is 3.07. The Kier molecular flexibility index (Phi) is 2.07. The molecule has 68 valence electrons. The van der Waals surface area contributed by atoms with E-state index in [2.05, 4.69) is 6.58 Å². The van der Waals surface area contributed by atoms with Gasteiger partial charge in [0.2, 0.25) is 0 Å². The molecule has 0 N–H and O–H groups in total. The fraction of sp³-hybridized carbons (Fsp3) is 0.778. The topological polar surface area (TPSA) is 27.7 Å². The minimum absolute atomic E-state index is 0.472. The summed E-state index contributed by atoms with van der Waals surface area (Å²) >= 11 is 0. The quantitative estimate of drug-likeness (QED) is 0.554. The molecule has 2 fully saturated rings. The largest absolute Gasteiger partial charge is 0.442 e. The van der Waals surface area contributed by atoms with Crippen LogP contribution in [0.5, 0.6) is 0 Å². The molecule has 0 aromatic carbocycles. The molecule has 2 saturated heterocycles. The summed E-state index contributed by atoms with van der Waals surface area (Å²) in [6.45, 7) is 4.91. The van der Waals surface area contributed by atoms with Crippen molar-refractivity contribution in [3.05, 3.63) is 12.3 Å². The molecule has 1 atom stereocenters. The van der Waals surface area contributed by atoms with Crippen LogP contribution >= 0.6 is 0 Å². The third-order valence-electron chi connectivity index (χ3n) is 2.20. The molecule has 1 spiro atoms. The summed E-state index contributed by atoms with van der Waals surface area (Å²) in [5.74, 6) is -0.0926. The van der Waals surface area contributed by atoms with Gasteiger partial charge in [0, 0.05) is 6.42 Å². The van der Waals surface area contributed by atoms with E-state index in [-0.39, 0.29) is 0 Å². The molecule has 2 aliphatic rings. The lowest BCUT2D eigenvalue weighted by Crippen LogP contribution is -2.32. The Bertz CT molecular complexity index is 180. The van der Waals surface area contributed by atoms with Gasteiger partial charge in [-0.2, -0.15) is 0 Å². The zero-order valence-electron chi connectivity index (χ0n) is 7.17. The van der Waals surface area contributed by atoms with Gasteiger partial charge >= 0.3 is 5.97 Å². The first-order valence-corrected chi connectivity index (χ1v) is 4.45. The van der Waals surface area contributed by atoms with Gasteiger partial charge in [-0.15, -0.1) is 0 Å². The lowest BCUT2D eigenvalue weighted by atomic mass is 10.2. The molecule has 12 heavy (non-hydrogen) atoms. The Morgan fingerprint density at radius 2 is 2.08 bits per heavy atom. The highest BCUT2D eigenvalue weighted by Gasteiger charge is 2.41. The second-order valence-electron chi connectivity index (χ2n) is 3.27. The highest BCUT2D eigenvalue weighted by Crippen LogP contribution is 2.33. The van der Waals surface area contributed by atoms with E-state index in [9.17, 15) is 0 Å². The van der Waals surface area contributed by atoms with Crippen LogP contribution in [0.1, 0.15) is 25.7 Å². The monoisotopic (exact) mass is 170 g/mol. The maximum Gasteiger partial charge on any atom is 0.327 e. The van der Waals surface area contributed by atoms with Crippen LogP contribution in [0.4, 0.5) is 0 Å². The van der Waals surface area contributed by atoms with Crippen LogP contribution in [0.3, 0.4) is 0 Å². The SMILES string of the molecule is C=C1COC2(CCCCCO2)O1. The summed E-state index contributed by atoms with van der Waals surface area (Å²) in [6, 6.07) is 0. The van der Waals surface area contributed by atoms with Gasteiger partial charge < -0.3 is 14.2 Å². The lowest BCUT2D eigenvalue weighted by Gasteiger charge is -2.24. The first kappa shape index (κ1) is 8.08. The number of hydrogen-bond acceptors (Lipinski definition) is 3. The van der Waals surface area contributed by atoms with Gasteiger partial charge in [0.15, 0.2) is 0 Å². The van der Waals surface area contributed by atoms with E-state index in [1.54, 1.807) is 0 Å². The molecule has 3 nitrogen and oxygen atoms in total.